The summed E-state index contributed by atoms with van der Waals surface area (Å²) in [7, 11) is 0. The third kappa shape index (κ3) is 3.16. The maximum atomic E-state index is 13.3. The average Bonchev–Trinajstić information content (AvgIpc) is 3.30. The van der Waals surface area contributed by atoms with Crippen LogP contribution in [0.25, 0.3) is 15.9 Å². The van der Waals surface area contributed by atoms with Crippen molar-refractivity contribution in [3.05, 3.63) is 75.9 Å². The second-order valence-electron chi connectivity index (χ2n) is 7.09. The molecule has 0 amide bonds. The fraction of sp³-hybridized carbons (Fsp3) is 0.286. The van der Waals surface area contributed by atoms with Gasteiger partial charge in [-0.25, -0.2) is 19.0 Å². The van der Waals surface area contributed by atoms with E-state index in [2.05, 4.69) is 16.4 Å². The van der Waals surface area contributed by atoms with Gasteiger partial charge in [-0.2, -0.15) is 5.10 Å². The van der Waals surface area contributed by atoms with E-state index in [-0.39, 0.29) is 11.6 Å². The highest BCUT2D eigenvalue weighted by Crippen LogP contribution is 2.24. The molecule has 1 aliphatic heterocycles. The Morgan fingerprint density at radius 1 is 1.11 bits per heavy atom. The molecule has 2 aromatic carbocycles. The predicted octanol–water partition coefficient (Wildman–Crippen LogP) is 3.16. The number of nitrogens with zero attached hydrogens (tertiary/aromatic N) is 4. The minimum atomic E-state index is -0.106. The average molecular weight is 392 g/mol. The number of fused-ring (bicyclic) bond motifs is 1. The normalized spacial score (nSPS) is 17.2. The Bertz CT molecular complexity index is 1120. The van der Waals surface area contributed by atoms with Crippen molar-refractivity contribution in [2.45, 2.75) is 25.3 Å². The summed E-state index contributed by atoms with van der Waals surface area (Å²) in [6.45, 7) is 2.27. The van der Waals surface area contributed by atoms with Gasteiger partial charge in [0.25, 0.3) is 0 Å². The minimum Gasteiger partial charge on any atom is -0.316 e. The highest BCUT2D eigenvalue weighted by Gasteiger charge is 2.25. The molecule has 0 aliphatic carbocycles. The van der Waals surface area contributed by atoms with Gasteiger partial charge in [-0.1, -0.05) is 30.3 Å². The third-order valence-corrected chi connectivity index (χ3v) is 6.19. The van der Waals surface area contributed by atoms with Crippen LogP contribution in [-0.4, -0.2) is 32.4 Å². The molecule has 1 aliphatic rings. The van der Waals surface area contributed by atoms with E-state index in [0.29, 0.717) is 6.54 Å². The molecule has 3 heterocycles. The lowest BCUT2D eigenvalue weighted by Crippen LogP contribution is -2.31. The zero-order chi connectivity index (χ0) is 18.9. The van der Waals surface area contributed by atoms with E-state index in [4.69, 9.17) is 5.10 Å². The van der Waals surface area contributed by atoms with E-state index >= 15 is 0 Å². The van der Waals surface area contributed by atoms with Crippen molar-refractivity contribution in [1.82, 2.24) is 24.6 Å². The first-order valence-corrected chi connectivity index (χ1v) is 10.4. The summed E-state index contributed by atoms with van der Waals surface area (Å²) in [6, 6.07) is 17.8. The Hall–Kier alpha value is -2.77. The summed E-state index contributed by atoms with van der Waals surface area (Å²) in [6.07, 6.45) is 2.13. The number of nitrogens with one attached hydrogen (secondary N) is 1. The van der Waals surface area contributed by atoms with Gasteiger partial charge in [-0.3, -0.25) is 0 Å². The Labute approximate surface area is 166 Å². The van der Waals surface area contributed by atoms with Gasteiger partial charge in [0.05, 0.1) is 22.4 Å². The summed E-state index contributed by atoms with van der Waals surface area (Å²) in [4.78, 5) is 17.9. The minimum absolute atomic E-state index is 0.106. The molecule has 1 saturated heterocycles. The Balaban J connectivity index is 1.58. The van der Waals surface area contributed by atoms with Crippen LogP contribution in [0.4, 0.5) is 0 Å². The van der Waals surface area contributed by atoms with Crippen LogP contribution in [0.2, 0.25) is 0 Å². The number of aromatic nitrogens is 4. The second kappa shape index (κ2) is 7.33. The van der Waals surface area contributed by atoms with Crippen LogP contribution in [-0.2, 0) is 6.54 Å². The lowest BCUT2D eigenvalue weighted by molar-refractivity contribution is 0.439. The molecule has 1 N–H and O–H groups in total. The van der Waals surface area contributed by atoms with E-state index < -0.39 is 0 Å². The number of thiazole rings is 1. The van der Waals surface area contributed by atoms with Crippen LogP contribution in [0.5, 0.6) is 0 Å². The highest BCUT2D eigenvalue weighted by molar-refractivity contribution is 7.18. The summed E-state index contributed by atoms with van der Waals surface area (Å²) < 4.78 is 4.46. The van der Waals surface area contributed by atoms with E-state index in [0.717, 1.165) is 52.7 Å². The van der Waals surface area contributed by atoms with E-state index in [9.17, 15) is 4.79 Å². The number of hydrogen-bond donors (Lipinski definition) is 1. The van der Waals surface area contributed by atoms with Gasteiger partial charge < -0.3 is 5.32 Å². The predicted molar refractivity (Wildman–Crippen MR) is 111 cm³/mol. The Morgan fingerprint density at radius 3 is 2.71 bits per heavy atom. The van der Waals surface area contributed by atoms with Gasteiger partial charge in [-0.05, 0) is 43.7 Å². The topological polar surface area (TPSA) is 64.7 Å². The van der Waals surface area contributed by atoms with Crippen LogP contribution in [0.15, 0.2) is 59.4 Å². The highest BCUT2D eigenvalue weighted by atomic mass is 32.1. The molecule has 2 aromatic heterocycles. The molecule has 1 atom stereocenters. The van der Waals surface area contributed by atoms with Crippen molar-refractivity contribution in [1.29, 1.82) is 0 Å². The molecular weight excluding hydrogens is 370 g/mol. The molecule has 5 rings (SSSR count). The summed E-state index contributed by atoms with van der Waals surface area (Å²) >= 11 is 1.61. The maximum Gasteiger partial charge on any atom is 0.350 e. The number of piperidine rings is 1. The molecular formula is C21H21N5OS. The smallest absolute Gasteiger partial charge is 0.316 e. The second-order valence-corrected chi connectivity index (χ2v) is 8.20. The molecule has 0 bridgehead atoms. The van der Waals surface area contributed by atoms with Crippen molar-refractivity contribution in [2.24, 2.45) is 0 Å². The Morgan fingerprint density at radius 2 is 1.93 bits per heavy atom. The fourth-order valence-electron chi connectivity index (χ4n) is 3.80. The first kappa shape index (κ1) is 17.3. The van der Waals surface area contributed by atoms with Crippen LogP contribution in [0.3, 0.4) is 0 Å². The van der Waals surface area contributed by atoms with Gasteiger partial charge >= 0.3 is 5.69 Å². The van der Waals surface area contributed by atoms with Crippen molar-refractivity contribution < 1.29 is 0 Å². The third-order valence-electron chi connectivity index (χ3n) is 5.16. The van der Waals surface area contributed by atoms with Crippen molar-refractivity contribution in [3.63, 3.8) is 0 Å². The molecule has 7 heteroatoms. The zero-order valence-corrected chi connectivity index (χ0v) is 16.2. The van der Waals surface area contributed by atoms with Crippen molar-refractivity contribution in [3.8, 4) is 5.69 Å². The Kier molecular flexibility index (Phi) is 4.54. The van der Waals surface area contributed by atoms with Gasteiger partial charge in [-0.15, -0.1) is 11.3 Å². The van der Waals surface area contributed by atoms with Crippen LogP contribution in [0.1, 0.15) is 29.6 Å². The molecule has 142 valence electrons. The number of benzene rings is 2. The maximum absolute atomic E-state index is 13.3. The van der Waals surface area contributed by atoms with Gasteiger partial charge in [0.15, 0.2) is 0 Å². The van der Waals surface area contributed by atoms with Gasteiger partial charge in [0.1, 0.15) is 10.8 Å². The largest absolute Gasteiger partial charge is 0.350 e. The summed E-state index contributed by atoms with van der Waals surface area (Å²) in [5.74, 6) is 1.07. The standard InChI is InChI=1S/C21H21N5OS/c27-21-25(14-19-23-17-10-4-5-11-18(17)28-19)24-20(15-7-6-12-22-13-15)26(21)16-8-2-1-3-9-16/h1-5,8-11,15,22H,6-7,12-14H2. The van der Waals surface area contributed by atoms with E-state index in [1.807, 2.05) is 48.5 Å². The van der Waals surface area contributed by atoms with Crippen LogP contribution >= 0.6 is 11.3 Å². The summed E-state index contributed by atoms with van der Waals surface area (Å²) in [5, 5.41) is 9.10. The molecule has 1 unspecified atom stereocenters. The molecule has 6 nitrogen and oxygen atoms in total. The van der Waals surface area contributed by atoms with E-state index in [1.54, 1.807) is 20.6 Å². The first-order valence-electron chi connectivity index (χ1n) is 9.60. The lowest BCUT2D eigenvalue weighted by atomic mass is 9.99. The van der Waals surface area contributed by atoms with Crippen molar-refractivity contribution in [2.75, 3.05) is 13.1 Å². The molecule has 0 spiro atoms. The van der Waals surface area contributed by atoms with Crippen LogP contribution in [0, 0.1) is 0 Å². The lowest BCUT2D eigenvalue weighted by Gasteiger charge is -2.22. The number of rotatable bonds is 4. The molecule has 1 fully saturated rings. The molecule has 0 saturated carbocycles. The SMILES string of the molecule is O=c1n(Cc2nc3ccccc3s2)nc(C2CCCNC2)n1-c1ccccc1. The molecule has 28 heavy (non-hydrogen) atoms. The van der Waals surface area contributed by atoms with Crippen LogP contribution < -0.4 is 11.0 Å². The van der Waals surface area contributed by atoms with Gasteiger partial charge in [0, 0.05) is 12.5 Å². The van der Waals surface area contributed by atoms with Crippen molar-refractivity contribution >= 4 is 21.6 Å². The number of hydrogen-bond acceptors (Lipinski definition) is 5. The molecule has 4 aromatic rings. The first-order chi connectivity index (χ1) is 13.8. The fourth-order valence-corrected chi connectivity index (χ4v) is 4.75. The summed E-state index contributed by atoms with van der Waals surface area (Å²) in [5.41, 5.74) is 1.73. The zero-order valence-electron chi connectivity index (χ0n) is 15.4. The monoisotopic (exact) mass is 391 g/mol. The quantitative estimate of drug-likeness (QED) is 0.580. The van der Waals surface area contributed by atoms with Gasteiger partial charge in [0.2, 0.25) is 0 Å². The number of para-hydroxylation sites is 2. The molecule has 0 radical (unpaired) electrons. The van der Waals surface area contributed by atoms with E-state index in [1.165, 1.54) is 0 Å².